The van der Waals surface area contributed by atoms with Crippen LogP contribution in [-0.2, 0) is 9.53 Å². The molecule has 0 aromatic heterocycles. The smallest absolute Gasteiger partial charge is 0.331 e. The van der Waals surface area contributed by atoms with Crippen molar-refractivity contribution in [2.24, 2.45) is 17.8 Å². The summed E-state index contributed by atoms with van der Waals surface area (Å²) in [5, 5.41) is 0. The Balaban J connectivity index is 1.95. The van der Waals surface area contributed by atoms with Gasteiger partial charge < -0.3 is 4.74 Å². The van der Waals surface area contributed by atoms with Crippen LogP contribution in [0, 0.1) is 17.8 Å². The first kappa shape index (κ1) is 15.8. The lowest BCUT2D eigenvalue weighted by molar-refractivity contribution is -0.149. The zero-order valence-corrected chi connectivity index (χ0v) is 13.3. The Labute approximate surface area is 128 Å². The van der Waals surface area contributed by atoms with Crippen molar-refractivity contribution in [3.8, 4) is 0 Å². The van der Waals surface area contributed by atoms with Crippen LogP contribution in [0.15, 0.2) is 36.4 Å². The van der Waals surface area contributed by atoms with E-state index in [1.54, 1.807) is 6.08 Å². The number of hydrogen-bond donors (Lipinski definition) is 0. The molecule has 1 aromatic rings. The summed E-state index contributed by atoms with van der Waals surface area (Å²) in [6.45, 7) is 6.69. The fourth-order valence-corrected chi connectivity index (χ4v) is 3.17. The minimum Gasteiger partial charge on any atom is -0.459 e. The molecule has 0 amide bonds. The predicted molar refractivity (Wildman–Crippen MR) is 86.7 cm³/mol. The maximum Gasteiger partial charge on any atom is 0.331 e. The summed E-state index contributed by atoms with van der Waals surface area (Å²) in [6.07, 6.45) is 6.84. The lowest BCUT2D eigenvalue weighted by Crippen LogP contribution is -2.35. The first-order valence-corrected chi connectivity index (χ1v) is 8.00. The van der Waals surface area contributed by atoms with E-state index in [1.807, 2.05) is 36.4 Å². The quantitative estimate of drug-likeness (QED) is 0.592. The van der Waals surface area contributed by atoms with Crippen LogP contribution in [-0.4, -0.2) is 12.1 Å². The SMILES string of the molecule is CC(C)[C@@H]1CC[C@@H](C)C[C@H]1OC(=O)C=Cc1ccccc1. The molecule has 0 bridgehead atoms. The average molecular weight is 286 g/mol. The van der Waals surface area contributed by atoms with Crippen molar-refractivity contribution >= 4 is 12.0 Å². The lowest BCUT2D eigenvalue weighted by atomic mass is 9.75. The van der Waals surface area contributed by atoms with Crippen molar-refractivity contribution in [3.63, 3.8) is 0 Å². The van der Waals surface area contributed by atoms with E-state index in [9.17, 15) is 4.79 Å². The molecule has 3 atom stereocenters. The molecule has 0 saturated heterocycles. The first-order valence-electron chi connectivity index (χ1n) is 8.00. The summed E-state index contributed by atoms with van der Waals surface area (Å²) in [4.78, 5) is 12.1. The van der Waals surface area contributed by atoms with Gasteiger partial charge in [-0.05, 0) is 42.2 Å². The van der Waals surface area contributed by atoms with Crippen molar-refractivity contribution in [2.45, 2.75) is 46.1 Å². The summed E-state index contributed by atoms with van der Waals surface area (Å²) in [7, 11) is 0. The second-order valence-electron chi connectivity index (χ2n) is 6.55. The molecule has 1 fully saturated rings. The summed E-state index contributed by atoms with van der Waals surface area (Å²) < 4.78 is 5.73. The van der Waals surface area contributed by atoms with Gasteiger partial charge in [0.05, 0.1) is 0 Å². The third-order valence-electron chi connectivity index (χ3n) is 4.44. The van der Waals surface area contributed by atoms with Crippen molar-refractivity contribution in [3.05, 3.63) is 42.0 Å². The van der Waals surface area contributed by atoms with Gasteiger partial charge in [-0.3, -0.25) is 0 Å². The van der Waals surface area contributed by atoms with Crippen LogP contribution in [0.5, 0.6) is 0 Å². The van der Waals surface area contributed by atoms with E-state index in [-0.39, 0.29) is 12.1 Å². The highest BCUT2D eigenvalue weighted by Crippen LogP contribution is 2.35. The van der Waals surface area contributed by atoms with Gasteiger partial charge in [-0.2, -0.15) is 0 Å². The first-order chi connectivity index (χ1) is 10.1. The van der Waals surface area contributed by atoms with Crippen molar-refractivity contribution < 1.29 is 9.53 Å². The fourth-order valence-electron chi connectivity index (χ4n) is 3.17. The molecule has 0 aliphatic heterocycles. The molecule has 0 N–H and O–H groups in total. The number of esters is 1. The molecule has 0 heterocycles. The molecule has 21 heavy (non-hydrogen) atoms. The number of carbonyl (C=O) groups excluding carboxylic acids is 1. The highest BCUT2D eigenvalue weighted by molar-refractivity contribution is 5.87. The van der Waals surface area contributed by atoms with Gasteiger partial charge in [0.2, 0.25) is 0 Å². The Kier molecular flexibility index (Phi) is 5.60. The van der Waals surface area contributed by atoms with E-state index < -0.39 is 0 Å². The summed E-state index contributed by atoms with van der Waals surface area (Å²) in [6, 6.07) is 9.84. The average Bonchev–Trinajstić information content (AvgIpc) is 2.46. The van der Waals surface area contributed by atoms with Gasteiger partial charge in [-0.25, -0.2) is 4.79 Å². The van der Waals surface area contributed by atoms with Gasteiger partial charge >= 0.3 is 5.97 Å². The predicted octanol–water partition coefficient (Wildman–Crippen LogP) is 4.70. The zero-order chi connectivity index (χ0) is 15.2. The number of ether oxygens (including phenoxy) is 1. The van der Waals surface area contributed by atoms with E-state index in [4.69, 9.17) is 4.74 Å². The van der Waals surface area contributed by atoms with E-state index >= 15 is 0 Å². The largest absolute Gasteiger partial charge is 0.459 e. The van der Waals surface area contributed by atoms with Gasteiger partial charge in [0.1, 0.15) is 6.10 Å². The van der Waals surface area contributed by atoms with Crippen molar-refractivity contribution in [2.75, 3.05) is 0 Å². The summed E-state index contributed by atoms with van der Waals surface area (Å²) >= 11 is 0. The van der Waals surface area contributed by atoms with Crippen LogP contribution >= 0.6 is 0 Å². The molecule has 1 aromatic carbocycles. The van der Waals surface area contributed by atoms with E-state index in [0.29, 0.717) is 17.8 Å². The van der Waals surface area contributed by atoms with Crippen LogP contribution in [0.3, 0.4) is 0 Å². The van der Waals surface area contributed by atoms with Crippen LogP contribution < -0.4 is 0 Å². The second kappa shape index (κ2) is 7.44. The Hall–Kier alpha value is -1.57. The van der Waals surface area contributed by atoms with Crippen LogP contribution in [0.2, 0.25) is 0 Å². The normalized spacial score (nSPS) is 26.2. The minimum atomic E-state index is -0.219. The molecule has 1 aliphatic rings. The van der Waals surface area contributed by atoms with Gasteiger partial charge in [0, 0.05) is 6.08 Å². The standard InChI is InChI=1S/C19H26O2/c1-14(2)17-11-9-15(3)13-18(17)21-19(20)12-10-16-7-5-4-6-8-16/h4-8,10,12,14-15,17-18H,9,11,13H2,1-3H3/t15-,17+,18-/m1/s1. The van der Waals surface area contributed by atoms with Gasteiger partial charge in [0.15, 0.2) is 0 Å². The zero-order valence-electron chi connectivity index (χ0n) is 13.3. The van der Waals surface area contributed by atoms with E-state index in [0.717, 1.165) is 12.0 Å². The molecule has 2 heteroatoms. The van der Waals surface area contributed by atoms with Crippen LogP contribution in [0.25, 0.3) is 6.08 Å². The van der Waals surface area contributed by atoms with E-state index in [1.165, 1.54) is 12.8 Å². The highest BCUT2D eigenvalue weighted by Gasteiger charge is 2.32. The summed E-state index contributed by atoms with van der Waals surface area (Å²) in [5.74, 6) is 1.49. The molecule has 1 saturated carbocycles. The van der Waals surface area contributed by atoms with Gasteiger partial charge in [0.25, 0.3) is 0 Å². The van der Waals surface area contributed by atoms with E-state index in [2.05, 4.69) is 20.8 Å². The maximum absolute atomic E-state index is 12.1. The van der Waals surface area contributed by atoms with Crippen LogP contribution in [0.4, 0.5) is 0 Å². The Bertz CT molecular complexity index is 476. The number of rotatable bonds is 4. The fraction of sp³-hybridized carbons (Fsp3) is 0.526. The topological polar surface area (TPSA) is 26.3 Å². The van der Waals surface area contributed by atoms with Gasteiger partial charge in [-0.1, -0.05) is 57.5 Å². The molecule has 0 radical (unpaired) electrons. The molecule has 0 unspecified atom stereocenters. The molecule has 114 valence electrons. The number of hydrogen-bond acceptors (Lipinski definition) is 2. The number of benzene rings is 1. The monoisotopic (exact) mass is 286 g/mol. The Morgan fingerprint density at radius 2 is 1.95 bits per heavy atom. The number of carbonyl (C=O) groups is 1. The molecule has 2 nitrogen and oxygen atoms in total. The molecule has 0 spiro atoms. The van der Waals surface area contributed by atoms with Crippen molar-refractivity contribution in [1.82, 2.24) is 0 Å². The Morgan fingerprint density at radius 3 is 2.62 bits per heavy atom. The van der Waals surface area contributed by atoms with Gasteiger partial charge in [-0.15, -0.1) is 0 Å². The molecule has 1 aliphatic carbocycles. The Morgan fingerprint density at radius 1 is 1.24 bits per heavy atom. The molecular weight excluding hydrogens is 260 g/mol. The minimum absolute atomic E-state index is 0.0710. The lowest BCUT2D eigenvalue weighted by Gasteiger charge is -2.36. The second-order valence-corrected chi connectivity index (χ2v) is 6.55. The van der Waals surface area contributed by atoms with Crippen LogP contribution in [0.1, 0.15) is 45.6 Å². The van der Waals surface area contributed by atoms with Crippen molar-refractivity contribution in [1.29, 1.82) is 0 Å². The third-order valence-corrected chi connectivity index (χ3v) is 4.44. The summed E-state index contributed by atoms with van der Waals surface area (Å²) in [5.41, 5.74) is 1.02. The molecular formula is C19H26O2. The highest BCUT2D eigenvalue weighted by atomic mass is 16.5. The third kappa shape index (κ3) is 4.73. The molecule has 2 rings (SSSR count). The maximum atomic E-state index is 12.1.